The summed E-state index contributed by atoms with van der Waals surface area (Å²) in [6, 6.07) is 0.445. The van der Waals surface area contributed by atoms with Gasteiger partial charge in [0.05, 0.1) is 15.7 Å². The zero-order chi connectivity index (χ0) is 12.2. The van der Waals surface area contributed by atoms with Crippen molar-refractivity contribution < 1.29 is 4.21 Å². The molecule has 1 rings (SSSR count). The summed E-state index contributed by atoms with van der Waals surface area (Å²) in [5, 5.41) is 0. The van der Waals surface area contributed by atoms with Gasteiger partial charge in [-0.2, -0.15) is 0 Å². The molecule has 2 nitrogen and oxygen atoms in total. The van der Waals surface area contributed by atoms with Gasteiger partial charge in [-0.3, -0.25) is 0 Å². The van der Waals surface area contributed by atoms with Gasteiger partial charge in [-0.1, -0.05) is 26.2 Å². The maximum atomic E-state index is 12.1. The van der Waals surface area contributed by atoms with Crippen molar-refractivity contribution in [2.45, 2.75) is 77.0 Å². The maximum Gasteiger partial charge on any atom is 0.0972 e. The van der Waals surface area contributed by atoms with Crippen LogP contribution in [0.2, 0.25) is 0 Å². The second kappa shape index (κ2) is 6.15. The van der Waals surface area contributed by atoms with E-state index in [-0.39, 0.29) is 4.75 Å². The van der Waals surface area contributed by atoms with Crippen molar-refractivity contribution >= 4 is 11.0 Å². The zero-order valence-electron chi connectivity index (χ0n) is 11.2. The van der Waals surface area contributed by atoms with Gasteiger partial charge in [-0.15, -0.1) is 0 Å². The second-order valence-electron chi connectivity index (χ2n) is 5.91. The summed E-state index contributed by atoms with van der Waals surface area (Å²) < 4.78 is 15.3. The minimum absolute atomic E-state index is 0.151. The summed E-state index contributed by atoms with van der Waals surface area (Å²) in [6.07, 6.45) is 7.80. The van der Waals surface area contributed by atoms with Gasteiger partial charge in [-0.05, 0) is 46.0 Å². The van der Waals surface area contributed by atoms with Crippen LogP contribution in [0.3, 0.4) is 0 Å². The molecule has 0 saturated heterocycles. The van der Waals surface area contributed by atoms with Gasteiger partial charge < -0.3 is 0 Å². The third kappa shape index (κ3) is 4.17. The van der Waals surface area contributed by atoms with E-state index < -0.39 is 11.0 Å². The predicted octanol–water partition coefficient (Wildman–Crippen LogP) is 3.40. The lowest BCUT2D eigenvalue weighted by atomic mass is 9.83. The molecule has 1 aliphatic rings. The molecule has 0 amide bonds. The molecule has 0 aliphatic heterocycles. The van der Waals surface area contributed by atoms with Gasteiger partial charge in [0.15, 0.2) is 0 Å². The van der Waals surface area contributed by atoms with Crippen LogP contribution in [-0.4, -0.2) is 15.0 Å². The number of hydrogen-bond acceptors (Lipinski definition) is 1. The van der Waals surface area contributed by atoms with Gasteiger partial charge in [0.1, 0.15) is 0 Å². The van der Waals surface area contributed by atoms with Gasteiger partial charge in [0, 0.05) is 6.04 Å². The van der Waals surface area contributed by atoms with Crippen molar-refractivity contribution in [1.29, 1.82) is 0 Å². The van der Waals surface area contributed by atoms with Crippen LogP contribution in [0.4, 0.5) is 0 Å². The van der Waals surface area contributed by atoms with Crippen LogP contribution in [0.5, 0.6) is 0 Å². The Hall–Kier alpha value is 0.110. The molecule has 3 heteroatoms. The van der Waals surface area contributed by atoms with Crippen molar-refractivity contribution in [2.75, 3.05) is 0 Å². The van der Waals surface area contributed by atoms with Gasteiger partial charge >= 0.3 is 0 Å². The molecular formula is C13H27NOS. The van der Waals surface area contributed by atoms with E-state index in [0.717, 1.165) is 12.3 Å². The Bertz CT molecular complexity index is 229. The standard InChI is InChI=1S/C13H27NOS/c1-5-12(11-9-7-6-8-10-11)14-16(15)13(2,3)4/h11-12,14H,5-10H2,1-4H3. The van der Waals surface area contributed by atoms with E-state index in [1.807, 2.05) is 20.8 Å². The average Bonchev–Trinajstić information content (AvgIpc) is 2.25. The fourth-order valence-electron chi connectivity index (χ4n) is 2.36. The highest BCUT2D eigenvalue weighted by Gasteiger charge is 2.27. The molecule has 16 heavy (non-hydrogen) atoms. The van der Waals surface area contributed by atoms with Crippen LogP contribution >= 0.6 is 0 Å². The second-order valence-corrected chi connectivity index (χ2v) is 7.91. The molecule has 2 atom stereocenters. The third-order valence-corrected chi connectivity index (χ3v) is 5.10. The lowest BCUT2D eigenvalue weighted by Crippen LogP contribution is -2.43. The Morgan fingerprint density at radius 1 is 1.25 bits per heavy atom. The van der Waals surface area contributed by atoms with E-state index in [2.05, 4.69) is 11.6 Å². The van der Waals surface area contributed by atoms with Gasteiger partial charge in [0.25, 0.3) is 0 Å². The first-order valence-electron chi connectivity index (χ1n) is 6.63. The summed E-state index contributed by atoms with van der Waals surface area (Å²) in [7, 11) is -0.919. The molecule has 0 heterocycles. The molecule has 1 N–H and O–H groups in total. The van der Waals surface area contributed by atoms with Crippen LogP contribution < -0.4 is 4.72 Å². The summed E-state index contributed by atoms with van der Waals surface area (Å²) >= 11 is 0. The minimum atomic E-state index is -0.919. The highest BCUT2D eigenvalue weighted by Crippen LogP contribution is 2.28. The molecule has 0 aromatic carbocycles. The van der Waals surface area contributed by atoms with Gasteiger partial charge in [0.2, 0.25) is 0 Å². The topological polar surface area (TPSA) is 29.1 Å². The Morgan fingerprint density at radius 2 is 1.81 bits per heavy atom. The molecule has 0 aromatic rings. The first-order chi connectivity index (χ1) is 7.45. The Balaban J connectivity index is 2.50. The fourth-order valence-corrected chi connectivity index (χ4v) is 3.35. The van der Waals surface area contributed by atoms with E-state index in [9.17, 15) is 4.21 Å². The van der Waals surface area contributed by atoms with Crippen LogP contribution in [0.15, 0.2) is 0 Å². The van der Waals surface area contributed by atoms with Crippen LogP contribution in [0, 0.1) is 5.92 Å². The molecule has 0 spiro atoms. The summed E-state index contributed by atoms with van der Waals surface area (Å²) in [6.45, 7) is 8.29. The Morgan fingerprint density at radius 3 is 2.25 bits per heavy atom. The molecule has 0 bridgehead atoms. The molecule has 1 aliphatic carbocycles. The van der Waals surface area contributed by atoms with E-state index in [1.165, 1.54) is 32.1 Å². The molecule has 2 unspecified atom stereocenters. The van der Waals surface area contributed by atoms with Crippen molar-refractivity contribution in [3.63, 3.8) is 0 Å². The smallest absolute Gasteiger partial charge is 0.0972 e. The molecule has 0 aromatic heterocycles. The SMILES string of the molecule is CCC(NS(=O)C(C)(C)C)C1CCCCC1. The predicted molar refractivity (Wildman–Crippen MR) is 71.7 cm³/mol. The van der Waals surface area contributed by atoms with E-state index in [4.69, 9.17) is 0 Å². The van der Waals surface area contributed by atoms with Crippen LogP contribution in [0.25, 0.3) is 0 Å². The molecular weight excluding hydrogens is 218 g/mol. The Labute approximate surface area is 103 Å². The third-order valence-electron chi connectivity index (χ3n) is 3.47. The first kappa shape index (κ1) is 14.2. The monoisotopic (exact) mass is 245 g/mol. The van der Waals surface area contributed by atoms with Crippen molar-refractivity contribution in [2.24, 2.45) is 5.92 Å². The van der Waals surface area contributed by atoms with E-state index in [0.29, 0.717) is 6.04 Å². The quantitative estimate of drug-likeness (QED) is 0.808. The molecule has 1 fully saturated rings. The minimum Gasteiger partial charge on any atom is -0.242 e. The summed E-state index contributed by atoms with van der Waals surface area (Å²) in [5.41, 5.74) is 0. The molecule has 96 valence electrons. The highest BCUT2D eigenvalue weighted by atomic mass is 32.2. The van der Waals surface area contributed by atoms with Crippen LogP contribution in [0.1, 0.15) is 66.2 Å². The molecule has 0 radical (unpaired) electrons. The Kier molecular flexibility index (Phi) is 5.45. The average molecular weight is 245 g/mol. The van der Waals surface area contributed by atoms with Crippen molar-refractivity contribution in [3.8, 4) is 0 Å². The number of nitrogens with one attached hydrogen (secondary N) is 1. The van der Waals surface area contributed by atoms with E-state index >= 15 is 0 Å². The first-order valence-corrected chi connectivity index (χ1v) is 7.78. The van der Waals surface area contributed by atoms with Gasteiger partial charge in [-0.25, -0.2) is 8.93 Å². The fraction of sp³-hybridized carbons (Fsp3) is 1.00. The lowest BCUT2D eigenvalue weighted by molar-refractivity contribution is 0.287. The lowest BCUT2D eigenvalue weighted by Gasteiger charge is -2.32. The summed E-state index contributed by atoms with van der Waals surface area (Å²) in [5.74, 6) is 0.741. The normalized spacial score (nSPS) is 23.0. The highest BCUT2D eigenvalue weighted by molar-refractivity contribution is 7.84. The van der Waals surface area contributed by atoms with Crippen LogP contribution in [-0.2, 0) is 11.0 Å². The number of hydrogen-bond donors (Lipinski definition) is 1. The van der Waals surface area contributed by atoms with E-state index in [1.54, 1.807) is 0 Å². The molecule has 1 saturated carbocycles. The maximum absolute atomic E-state index is 12.1. The largest absolute Gasteiger partial charge is 0.242 e. The van der Waals surface area contributed by atoms with Crippen molar-refractivity contribution in [3.05, 3.63) is 0 Å². The zero-order valence-corrected chi connectivity index (χ0v) is 12.0. The summed E-state index contributed by atoms with van der Waals surface area (Å²) in [4.78, 5) is 0. The van der Waals surface area contributed by atoms with Crippen molar-refractivity contribution in [1.82, 2.24) is 4.72 Å². The number of rotatable bonds is 4.